The minimum atomic E-state index is 0.736. The Hall–Kier alpha value is -4.33. The standard InChI is InChI=1S/C22H16N8/c1-30-12-14(9-26-30)13-6-16-21(28-29-22(16)25-8-13)19-7-15-17(10-23-11-20(15)27-19)18-4-2-3-5-24-18/h2-12,27H,1H3,(H,25,28,29). The summed E-state index contributed by atoms with van der Waals surface area (Å²) in [5.74, 6) is 0. The molecule has 6 rings (SSSR count). The summed E-state index contributed by atoms with van der Waals surface area (Å²) < 4.78 is 1.78. The summed E-state index contributed by atoms with van der Waals surface area (Å²) in [6.07, 6.45) is 11.1. The quantitative estimate of drug-likeness (QED) is 0.475. The van der Waals surface area contributed by atoms with E-state index in [9.17, 15) is 0 Å². The highest BCUT2D eigenvalue weighted by molar-refractivity contribution is 6.00. The Morgan fingerprint density at radius 3 is 2.73 bits per heavy atom. The summed E-state index contributed by atoms with van der Waals surface area (Å²) in [6, 6.07) is 10.0. The maximum atomic E-state index is 4.54. The van der Waals surface area contributed by atoms with Crippen molar-refractivity contribution in [1.29, 1.82) is 0 Å². The van der Waals surface area contributed by atoms with Gasteiger partial charge in [-0.2, -0.15) is 10.2 Å². The smallest absolute Gasteiger partial charge is 0.155 e. The van der Waals surface area contributed by atoms with Crippen LogP contribution in [0.25, 0.3) is 55.7 Å². The molecule has 0 saturated carbocycles. The number of hydrogen-bond donors (Lipinski definition) is 2. The van der Waals surface area contributed by atoms with Gasteiger partial charge in [-0.05, 0) is 24.3 Å². The van der Waals surface area contributed by atoms with Crippen LogP contribution in [0.3, 0.4) is 0 Å². The summed E-state index contributed by atoms with van der Waals surface area (Å²) >= 11 is 0. The zero-order valence-corrected chi connectivity index (χ0v) is 16.0. The number of aromatic amines is 2. The minimum absolute atomic E-state index is 0.736. The maximum Gasteiger partial charge on any atom is 0.155 e. The second-order valence-corrected chi connectivity index (χ2v) is 7.14. The van der Waals surface area contributed by atoms with Crippen molar-refractivity contribution in [3.8, 4) is 33.8 Å². The second-order valence-electron chi connectivity index (χ2n) is 7.14. The van der Waals surface area contributed by atoms with Crippen molar-refractivity contribution in [3.63, 3.8) is 0 Å². The first-order valence-corrected chi connectivity index (χ1v) is 9.48. The molecule has 8 heteroatoms. The molecule has 2 N–H and O–H groups in total. The van der Waals surface area contributed by atoms with Gasteiger partial charge in [0.05, 0.1) is 29.3 Å². The molecule has 6 aromatic rings. The number of aryl methyl sites for hydroxylation is 1. The topological polar surface area (TPSA) is 101 Å². The van der Waals surface area contributed by atoms with E-state index < -0.39 is 0 Å². The lowest BCUT2D eigenvalue weighted by Crippen LogP contribution is -1.84. The average molecular weight is 392 g/mol. The predicted molar refractivity (Wildman–Crippen MR) is 114 cm³/mol. The molecule has 0 aliphatic rings. The summed E-state index contributed by atoms with van der Waals surface area (Å²) in [6.45, 7) is 0. The normalized spacial score (nSPS) is 11.5. The molecule has 0 amide bonds. The fourth-order valence-electron chi connectivity index (χ4n) is 3.74. The van der Waals surface area contributed by atoms with E-state index in [1.807, 2.05) is 56.2 Å². The molecule has 0 aliphatic carbocycles. The van der Waals surface area contributed by atoms with Crippen molar-refractivity contribution in [1.82, 2.24) is 39.9 Å². The zero-order valence-electron chi connectivity index (χ0n) is 16.0. The molecule has 8 nitrogen and oxygen atoms in total. The van der Waals surface area contributed by atoms with E-state index in [1.165, 1.54) is 0 Å². The van der Waals surface area contributed by atoms with E-state index in [0.29, 0.717) is 0 Å². The molecule has 6 heterocycles. The van der Waals surface area contributed by atoms with E-state index in [-0.39, 0.29) is 0 Å². The van der Waals surface area contributed by atoms with E-state index in [4.69, 9.17) is 0 Å². The maximum absolute atomic E-state index is 4.54. The van der Waals surface area contributed by atoms with Crippen LogP contribution in [0.1, 0.15) is 0 Å². The van der Waals surface area contributed by atoms with Gasteiger partial charge in [-0.1, -0.05) is 6.07 Å². The van der Waals surface area contributed by atoms with Gasteiger partial charge >= 0.3 is 0 Å². The number of aromatic nitrogens is 8. The van der Waals surface area contributed by atoms with Crippen molar-refractivity contribution in [3.05, 3.63) is 67.5 Å². The summed E-state index contributed by atoms with van der Waals surface area (Å²) in [5, 5.41) is 13.8. The van der Waals surface area contributed by atoms with E-state index >= 15 is 0 Å². The van der Waals surface area contributed by atoms with Crippen LogP contribution in [-0.4, -0.2) is 39.9 Å². The third-order valence-corrected chi connectivity index (χ3v) is 5.20. The molecule has 0 aromatic carbocycles. The Labute approximate surface area is 170 Å². The van der Waals surface area contributed by atoms with Crippen LogP contribution in [0.4, 0.5) is 0 Å². The molecular formula is C22H16N8. The molecule has 0 saturated heterocycles. The molecule has 144 valence electrons. The molecule has 0 radical (unpaired) electrons. The van der Waals surface area contributed by atoms with Gasteiger partial charge in [0.25, 0.3) is 0 Å². The lowest BCUT2D eigenvalue weighted by molar-refractivity contribution is 0.768. The zero-order chi connectivity index (χ0) is 20.1. The second kappa shape index (κ2) is 6.35. The van der Waals surface area contributed by atoms with Crippen molar-refractivity contribution in [2.75, 3.05) is 0 Å². The molecule has 0 spiro atoms. The van der Waals surface area contributed by atoms with Crippen molar-refractivity contribution >= 4 is 21.9 Å². The summed E-state index contributed by atoms with van der Waals surface area (Å²) in [5.41, 5.74) is 7.23. The Morgan fingerprint density at radius 1 is 0.933 bits per heavy atom. The van der Waals surface area contributed by atoms with Crippen LogP contribution < -0.4 is 0 Å². The van der Waals surface area contributed by atoms with Crippen LogP contribution in [0.15, 0.2) is 67.5 Å². The molecule has 0 atom stereocenters. The van der Waals surface area contributed by atoms with Crippen LogP contribution >= 0.6 is 0 Å². The molecule has 0 bridgehead atoms. The average Bonchev–Trinajstić information content (AvgIpc) is 3.50. The number of nitrogens with zero attached hydrogens (tertiary/aromatic N) is 6. The van der Waals surface area contributed by atoms with Gasteiger partial charge in [-0.25, -0.2) is 4.98 Å². The van der Waals surface area contributed by atoms with Gasteiger partial charge in [-0.3, -0.25) is 19.7 Å². The van der Waals surface area contributed by atoms with Crippen LogP contribution in [0, 0.1) is 0 Å². The predicted octanol–water partition coefficient (Wildman–Crippen LogP) is 3.96. The highest BCUT2D eigenvalue weighted by atomic mass is 15.2. The Bertz CT molecular complexity index is 1510. The first-order chi connectivity index (χ1) is 14.8. The largest absolute Gasteiger partial charge is 0.352 e. The number of fused-ring (bicyclic) bond motifs is 2. The lowest BCUT2D eigenvalue weighted by Gasteiger charge is -2.00. The van der Waals surface area contributed by atoms with Crippen LogP contribution in [-0.2, 0) is 7.05 Å². The number of rotatable bonds is 3. The number of nitrogens with one attached hydrogen (secondary N) is 2. The molecule has 0 unspecified atom stereocenters. The van der Waals surface area contributed by atoms with Gasteiger partial charge in [0.15, 0.2) is 5.65 Å². The number of pyridine rings is 3. The minimum Gasteiger partial charge on any atom is -0.352 e. The van der Waals surface area contributed by atoms with E-state index in [0.717, 1.165) is 55.7 Å². The monoisotopic (exact) mass is 392 g/mol. The van der Waals surface area contributed by atoms with Crippen molar-refractivity contribution in [2.45, 2.75) is 0 Å². The van der Waals surface area contributed by atoms with Crippen LogP contribution in [0.5, 0.6) is 0 Å². The molecule has 6 aromatic heterocycles. The summed E-state index contributed by atoms with van der Waals surface area (Å²) in [4.78, 5) is 16.8. The van der Waals surface area contributed by atoms with Gasteiger partial charge in [-0.15, -0.1) is 0 Å². The molecular weight excluding hydrogens is 376 g/mol. The number of H-pyrrole nitrogens is 2. The molecule has 30 heavy (non-hydrogen) atoms. The third kappa shape index (κ3) is 2.58. The highest BCUT2D eigenvalue weighted by Gasteiger charge is 2.15. The highest BCUT2D eigenvalue weighted by Crippen LogP contribution is 2.33. The van der Waals surface area contributed by atoms with E-state index in [1.54, 1.807) is 10.9 Å². The first kappa shape index (κ1) is 16.6. The SMILES string of the molecule is Cn1cc(-c2cnc3[nH]nc(-c4cc5c(-c6ccccn6)cncc5[nH]4)c3c2)cn1. The fraction of sp³-hybridized carbons (Fsp3) is 0.0455. The first-order valence-electron chi connectivity index (χ1n) is 9.48. The van der Waals surface area contributed by atoms with E-state index in [2.05, 4.69) is 47.4 Å². The molecule has 0 aliphatic heterocycles. The Morgan fingerprint density at radius 2 is 1.90 bits per heavy atom. The Kier molecular flexibility index (Phi) is 3.51. The Balaban J connectivity index is 1.52. The van der Waals surface area contributed by atoms with Gasteiger partial charge in [0.1, 0.15) is 5.69 Å². The number of hydrogen-bond acceptors (Lipinski definition) is 5. The molecule has 0 fully saturated rings. The third-order valence-electron chi connectivity index (χ3n) is 5.20. The van der Waals surface area contributed by atoms with Crippen LogP contribution in [0.2, 0.25) is 0 Å². The van der Waals surface area contributed by atoms with Gasteiger partial charge < -0.3 is 4.98 Å². The van der Waals surface area contributed by atoms with Gasteiger partial charge in [0, 0.05) is 59.3 Å². The summed E-state index contributed by atoms with van der Waals surface area (Å²) in [7, 11) is 1.90. The van der Waals surface area contributed by atoms with Gasteiger partial charge in [0.2, 0.25) is 0 Å². The van der Waals surface area contributed by atoms with Crippen molar-refractivity contribution < 1.29 is 0 Å². The van der Waals surface area contributed by atoms with Crippen molar-refractivity contribution in [2.24, 2.45) is 7.05 Å². The fourth-order valence-corrected chi connectivity index (χ4v) is 3.74. The lowest BCUT2D eigenvalue weighted by atomic mass is 10.1.